The van der Waals surface area contributed by atoms with Crippen LogP contribution in [0.1, 0.15) is 11.3 Å². The molecule has 5 nitrogen and oxygen atoms in total. The van der Waals surface area contributed by atoms with E-state index in [2.05, 4.69) is 20.3 Å². The number of amidine groups is 1. The van der Waals surface area contributed by atoms with Gasteiger partial charge in [-0.2, -0.15) is 0 Å². The fourth-order valence-electron chi connectivity index (χ4n) is 1.88. The number of hydrogen-bond donors (Lipinski definition) is 1. The molecule has 5 heteroatoms. The van der Waals surface area contributed by atoms with Gasteiger partial charge in [-0.15, -0.1) is 0 Å². The van der Waals surface area contributed by atoms with E-state index in [0.29, 0.717) is 13.2 Å². The van der Waals surface area contributed by atoms with Crippen molar-refractivity contribution < 1.29 is 4.74 Å². The largest absolute Gasteiger partial charge is 0.485 e. The number of aliphatic imine (C=N–C) groups is 1. The fraction of sp³-hybridized carbons (Fsp3) is 0.214. The second-order valence-electron chi connectivity index (χ2n) is 4.29. The van der Waals surface area contributed by atoms with Crippen molar-refractivity contribution in [3.05, 3.63) is 47.9 Å². The fourth-order valence-corrected chi connectivity index (χ4v) is 1.88. The molecule has 0 aliphatic carbocycles. The minimum absolute atomic E-state index is 0.404. The van der Waals surface area contributed by atoms with Gasteiger partial charge >= 0.3 is 0 Å². The van der Waals surface area contributed by atoms with Gasteiger partial charge in [0.2, 0.25) is 0 Å². The third kappa shape index (κ3) is 2.54. The molecule has 1 aliphatic rings. The lowest BCUT2D eigenvalue weighted by atomic mass is 10.2. The number of nitrogens with one attached hydrogen (secondary N) is 1. The summed E-state index contributed by atoms with van der Waals surface area (Å²) in [6, 6.07) is 7.92. The second kappa shape index (κ2) is 5.06. The smallest absolute Gasteiger partial charge is 0.155 e. The van der Waals surface area contributed by atoms with Crippen LogP contribution in [0, 0.1) is 6.92 Å². The molecule has 1 N–H and O–H groups in total. The number of anilines is 1. The summed E-state index contributed by atoms with van der Waals surface area (Å²) < 4.78 is 5.75. The van der Waals surface area contributed by atoms with Gasteiger partial charge in [-0.1, -0.05) is 18.2 Å². The zero-order valence-electron chi connectivity index (χ0n) is 10.6. The molecule has 0 saturated carbocycles. The molecule has 0 atom stereocenters. The Morgan fingerprint density at radius 1 is 1.21 bits per heavy atom. The minimum Gasteiger partial charge on any atom is -0.485 e. The lowest BCUT2D eigenvalue weighted by Gasteiger charge is -2.17. The summed E-state index contributed by atoms with van der Waals surface area (Å²) in [6.45, 7) is 2.97. The molecule has 2 aromatic rings. The van der Waals surface area contributed by atoms with Crippen LogP contribution in [0.3, 0.4) is 0 Å². The Balaban J connectivity index is 1.67. The van der Waals surface area contributed by atoms with Crippen molar-refractivity contribution >= 4 is 11.7 Å². The molecular formula is C14H14N4O. The van der Waals surface area contributed by atoms with Crippen LogP contribution in [-0.2, 0) is 6.54 Å². The number of rotatable bonds is 3. The van der Waals surface area contributed by atoms with E-state index < -0.39 is 0 Å². The Hall–Kier alpha value is -2.43. The van der Waals surface area contributed by atoms with Crippen LogP contribution in [0.15, 0.2) is 41.7 Å². The summed E-state index contributed by atoms with van der Waals surface area (Å²) in [6.07, 6.45) is 3.34. The highest BCUT2D eigenvalue weighted by Crippen LogP contribution is 2.18. The van der Waals surface area contributed by atoms with Crippen molar-refractivity contribution in [1.29, 1.82) is 0 Å². The Morgan fingerprint density at radius 3 is 2.95 bits per heavy atom. The Labute approximate surface area is 111 Å². The van der Waals surface area contributed by atoms with Gasteiger partial charge in [0.1, 0.15) is 23.9 Å². The number of benzene rings is 1. The molecule has 0 fully saturated rings. The molecule has 0 amide bonds. The summed E-state index contributed by atoms with van der Waals surface area (Å²) in [7, 11) is 0. The SMILES string of the molecule is Cc1ccccc1OCC1=NCc2nccnc2N1. The number of para-hydroxylation sites is 1. The van der Waals surface area contributed by atoms with Crippen molar-refractivity contribution in [2.75, 3.05) is 11.9 Å². The van der Waals surface area contributed by atoms with Gasteiger partial charge in [0, 0.05) is 12.4 Å². The summed E-state index contributed by atoms with van der Waals surface area (Å²) in [5.74, 6) is 2.41. The van der Waals surface area contributed by atoms with Crippen LogP contribution in [0.5, 0.6) is 5.75 Å². The van der Waals surface area contributed by atoms with Crippen LogP contribution in [0.2, 0.25) is 0 Å². The maximum Gasteiger partial charge on any atom is 0.155 e. The summed E-state index contributed by atoms with van der Waals surface area (Å²) in [5, 5.41) is 3.14. The zero-order chi connectivity index (χ0) is 13.1. The monoisotopic (exact) mass is 254 g/mol. The first-order valence-electron chi connectivity index (χ1n) is 6.11. The number of hydrogen-bond acceptors (Lipinski definition) is 5. The predicted molar refractivity (Wildman–Crippen MR) is 73.5 cm³/mol. The summed E-state index contributed by atoms with van der Waals surface area (Å²) >= 11 is 0. The average molecular weight is 254 g/mol. The Kier molecular flexibility index (Phi) is 3.10. The molecule has 0 bridgehead atoms. The molecule has 19 heavy (non-hydrogen) atoms. The lowest BCUT2D eigenvalue weighted by molar-refractivity contribution is 0.373. The zero-order valence-corrected chi connectivity index (χ0v) is 10.6. The molecule has 96 valence electrons. The summed E-state index contributed by atoms with van der Waals surface area (Å²) in [4.78, 5) is 12.8. The first kappa shape index (κ1) is 11.6. The minimum atomic E-state index is 0.404. The first-order chi connectivity index (χ1) is 9.33. The highest BCUT2D eigenvalue weighted by atomic mass is 16.5. The predicted octanol–water partition coefficient (Wildman–Crippen LogP) is 2.19. The van der Waals surface area contributed by atoms with Crippen LogP contribution in [0.25, 0.3) is 0 Å². The molecular weight excluding hydrogens is 240 g/mol. The molecule has 2 heterocycles. The maximum absolute atomic E-state index is 5.75. The lowest BCUT2D eigenvalue weighted by Crippen LogP contribution is -2.25. The van der Waals surface area contributed by atoms with Crippen molar-refractivity contribution in [3.8, 4) is 5.75 Å². The number of ether oxygens (including phenoxy) is 1. The summed E-state index contributed by atoms with van der Waals surface area (Å²) in [5.41, 5.74) is 1.97. The molecule has 0 spiro atoms. The molecule has 0 radical (unpaired) electrons. The van der Waals surface area contributed by atoms with Crippen molar-refractivity contribution in [3.63, 3.8) is 0 Å². The molecule has 1 aromatic carbocycles. The van der Waals surface area contributed by atoms with E-state index in [4.69, 9.17) is 4.74 Å². The normalized spacial score (nSPS) is 13.2. The van der Waals surface area contributed by atoms with Gasteiger partial charge in [-0.25, -0.2) is 4.98 Å². The van der Waals surface area contributed by atoms with Gasteiger partial charge in [0.25, 0.3) is 0 Å². The number of aryl methyl sites for hydroxylation is 1. The standard InChI is InChI=1S/C14H14N4O/c1-10-4-2-3-5-12(10)19-9-13-17-8-11-14(18-13)16-7-6-15-11/h2-7H,8-9H2,1H3,(H,16,17,18). The van der Waals surface area contributed by atoms with E-state index in [0.717, 1.165) is 28.7 Å². The van der Waals surface area contributed by atoms with E-state index in [1.807, 2.05) is 31.2 Å². The van der Waals surface area contributed by atoms with Crippen molar-refractivity contribution in [2.45, 2.75) is 13.5 Å². The van der Waals surface area contributed by atoms with Crippen molar-refractivity contribution in [2.24, 2.45) is 4.99 Å². The van der Waals surface area contributed by atoms with E-state index in [1.165, 1.54) is 0 Å². The third-order valence-corrected chi connectivity index (χ3v) is 2.91. The van der Waals surface area contributed by atoms with Gasteiger partial charge in [-0.3, -0.25) is 9.98 Å². The van der Waals surface area contributed by atoms with Crippen LogP contribution in [-0.4, -0.2) is 22.4 Å². The van der Waals surface area contributed by atoms with Gasteiger partial charge in [-0.05, 0) is 18.6 Å². The van der Waals surface area contributed by atoms with E-state index in [9.17, 15) is 0 Å². The molecule has 1 aromatic heterocycles. The van der Waals surface area contributed by atoms with Crippen LogP contribution in [0.4, 0.5) is 5.82 Å². The molecule has 0 unspecified atom stereocenters. The number of nitrogens with zero attached hydrogens (tertiary/aromatic N) is 3. The topological polar surface area (TPSA) is 59.4 Å². The number of fused-ring (bicyclic) bond motifs is 1. The van der Waals surface area contributed by atoms with Crippen LogP contribution >= 0.6 is 0 Å². The van der Waals surface area contributed by atoms with Gasteiger partial charge < -0.3 is 10.1 Å². The first-order valence-corrected chi connectivity index (χ1v) is 6.11. The molecule has 0 saturated heterocycles. The van der Waals surface area contributed by atoms with E-state index in [-0.39, 0.29) is 0 Å². The average Bonchev–Trinajstić information content (AvgIpc) is 2.46. The molecule has 1 aliphatic heterocycles. The van der Waals surface area contributed by atoms with Gasteiger partial charge in [0.05, 0.1) is 6.54 Å². The van der Waals surface area contributed by atoms with E-state index in [1.54, 1.807) is 12.4 Å². The van der Waals surface area contributed by atoms with Crippen LogP contribution < -0.4 is 10.1 Å². The Bertz CT molecular complexity index is 624. The second-order valence-corrected chi connectivity index (χ2v) is 4.29. The highest BCUT2D eigenvalue weighted by Gasteiger charge is 2.13. The third-order valence-electron chi connectivity index (χ3n) is 2.91. The van der Waals surface area contributed by atoms with E-state index >= 15 is 0 Å². The Morgan fingerprint density at radius 2 is 2.05 bits per heavy atom. The highest BCUT2D eigenvalue weighted by molar-refractivity contribution is 5.97. The quantitative estimate of drug-likeness (QED) is 0.912. The van der Waals surface area contributed by atoms with Crippen molar-refractivity contribution in [1.82, 2.24) is 9.97 Å². The molecule has 3 rings (SSSR count). The number of aromatic nitrogens is 2. The maximum atomic E-state index is 5.75. The van der Waals surface area contributed by atoms with Gasteiger partial charge in [0.15, 0.2) is 5.82 Å².